The van der Waals surface area contributed by atoms with Crippen molar-refractivity contribution >= 4 is 45.7 Å². The molecule has 0 fully saturated rings. The number of aromatic nitrogens is 3. The Bertz CT molecular complexity index is 1200. The zero-order chi connectivity index (χ0) is 20.4. The number of benzene rings is 2. The number of thioether (sulfide) groups is 1. The van der Waals surface area contributed by atoms with Gasteiger partial charge in [-0.05, 0) is 30.2 Å². The fraction of sp³-hybridized carbons (Fsp3) is 0.182. The largest absolute Gasteiger partial charge is 0.343 e. The molecule has 0 aliphatic heterocycles. The van der Waals surface area contributed by atoms with Crippen molar-refractivity contribution in [2.24, 2.45) is 0 Å². The zero-order valence-corrected chi connectivity index (χ0v) is 18.1. The highest BCUT2D eigenvalue weighted by atomic mass is 35.5. The molecule has 0 amide bonds. The Kier molecular flexibility index (Phi) is 5.99. The number of nitrogens with one attached hydrogen (secondary N) is 1. The number of halogens is 2. The molecule has 0 aliphatic carbocycles. The number of H-pyrrole nitrogens is 1. The van der Waals surface area contributed by atoms with E-state index in [9.17, 15) is 4.79 Å². The van der Waals surface area contributed by atoms with Crippen LogP contribution in [-0.2, 0) is 12.3 Å². The highest BCUT2D eigenvalue weighted by Crippen LogP contribution is 2.33. The molecular formula is C22H19Cl2N3OS. The molecule has 7 heteroatoms. The van der Waals surface area contributed by atoms with E-state index in [1.165, 1.54) is 0 Å². The summed E-state index contributed by atoms with van der Waals surface area (Å²) in [5.74, 6) is 1.59. The van der Waals surface area contributed by atoms with Crippen molar-refractivity contribution in [2.75, 3.05) is 5.75 Å². The molecule has 2 aromatic carbocycles. The first-order chi connectivity index (χ1) is 14.1. The van der Waals surface area contributed by atoms with Crippen LogP contribution in [0.3, 0.4) is 0 Å². The van der Waals surface area contributed by atoms with Crippen molar-refractivity contribution < 1.29 is 0 Å². The minimum absolute atomic E-state index is 0.161. The number of nitrogens with zero attached hydrogens (tertiary/aromatic N) is 2. The molecule has 0 saturated heterocycles. The highest BCUT2D eigenvalue weighted by Gasteiger charge is 2.18. The van der Waals surface area contributed by atoms with Crippen molar-refractivity contribution in [3.8, 4) is 11.3 Å². The van der Waals surface area contributed by atoms with Crippen molar-refractivity contribution in [3.63, 3.8) is 0 Å². The van der Waals surface area contributed by atoms with E-state index >= 15 is 0 Å². The average molecular weight is 444 g/mol. The van der Waals surface area contributed by atoms with Crippen LogP contribution < -0.4 is 5.56 Å². The molecule has 0 spiro atoms. The van der Waals surface area contributed by atoms with Crippen molar-refractivity contribution in [2.45, 2.75) is 19.2 Å². The zero-order valence-electron chi connectivity index (χ0n) is 15.8. The van der Waals surface area contributed by atoms with Gasteiger partial charge in [-0.3, -0.25) is 4.79 Å². The van der Waals surface area contributed by atoms with Gasteiger partial charge >= 0.3 is 0 Å². The second kappa shape index (κ2) is 8.66. The average Bonchev–Trinajstić information content (AvgIpc) is 3.00. The smallest absolute Gasteiger partial charge is 0.273 e. The molecule has 0 radical (unpaired) electrons. The van der Waals surface area contributed by atoms with Crippen LogP contribution in [0.15, 0.2) is 59.5 Å². The molecular weight excluding hydrogens is 425 g/mol. The van der Waals surface area contributed by atoms with E-state index in [2.05, 4.69) is 26.9 Å². The molecule has 0 saturated carbocycles. The Morgan fingerprint density at radius 2 is 1.79 bits per heavy atom. The third kappa shape index (κ3) is 3.95. The van der Waals surface area contributed by atoms with E-state index in [-0.39, 0.29) is 5.56 Å². The number of rotatable bonds is 6. The predicted octanol–water partition coefficient (Wildman–Crippen LogP) is 5.94. The Labute approximate surface area is 182 Å². The van der Waals surface area contributed by atoms with Gasteiger partial charge in [0.2, 0.25) is 0 Å². The van der Waals surface area contributed by atoms with E-state index in [1.807, 2.05) is 43.3 Å². The quantitative estimate of drug-likeness (QED) is 0.375. The van der Waals surface area contributed by atoms with Crippen molar-refractivity contribution in [1.82, 2.24) is 14.8 Å². The number of fused-ring (bicyclic) bond motifs is 1. The molecule has 29 heavy (non-hydrogen) atoms. The number of aryl methyl sites for hydroxylation is 1. The van der Waals surface area contributed by atoms with Gasteiger partial charge in [0.05, 0.1) is 17.3 Å². The summed E-state index contributed by atoms with van der Waals surface area (Å²) in [6.45, 7) is 2.75. The third-order valence-electron chi connectivity index (χ3n) is 4.96. The molecule has 0 unspecified atom stereocenters. The van der Waals surface area contributed by atoms with Gasteiger partial charge < -0.3 is 4.57 Å². The monoisotopic (exact) mass is 443 g/mol. The lowest BCUT2D eigenvalue weighted by Crippen LogP contribution is -2.08. The van der Waals surface area contributed by atoms with Crippen LogP contribution >= 0.6 is 35.0 Å². The Morgan fingerprint density at radius 1 is 1.07 bits per heavy atom. The Hall–Kier alpha value is -2.21. The van der Waals surface area contributed by atoms with Gasteiger partial charge in [0, 0.05) is 39.2 Å². The van der Waals surface area contributed by atoms with E-state index < -0.39 is 0 Å². The molecule has 4 rings (SSSR count). The molecule has 0 atom stereocenters. The standard InChI is InChI=1S/C22H19Cl2N3OS/c1-14-20-16(12-25-26-22(20)28)21(15-6-3-2-4-7-15)27(14)10-11-29-13-17-18(23)8-5-9-19(17)24/h2-9,12H,10-11,13H2,1H3,(H,26,28). The van der Waals surface area contributed by atoms with Gasteiger partial charge in [-0.2, -0.15) is 16.9 Å². The highest BCUT2D eigenvalue weighted by molar-refractivity contribution is 7.98. The first-order valence-corrected chi connectivity index (χ1v) is 11.1. The summed E-state index contributed by atoms with van der Waals surface area (Å²) in [6.07, 6.45) is 1.74. The maximum Gasteiger partial charge on any atom is 0.273 e. The predicted molar refractivity (Wildman–Crippen MR) is 123 cm³/mol. The van der Waals surface area contributed by atoms with Crippen LogP contribution in [0.25, 0.3) is 22.0 Å². The van der Waals surface area contributed by atoms with Crippen LogP contribution in [0.4, 0.5) is 0 Å². The maximum atomic E-state index is 12.4. The molecule has 2 heterocycles. The summed E-state index contributed by atoms with van der Waals surface area (Å²) in [6, 6.07) is 15.7. The van der Waals surface area contributed by atoms with E-state index in [0.29, 0.717) is 15.4 Å². The van der Waals surface area contributed by atoms with Gasteiger partial charge in [-0.25, -0.2) is 5.10 Å². The number of hydrogen-bond donors (Lipinski definition) is 1. The minimum Gasteiger partial charge on any atom is -0.343 e. The van der Waals surface area contributed by atoms with Crippen molar-refractivity contribution in [3.05, 3.63) is 86.4 Å². The summed E-state index contributed by atoms with van der Waals surface area (Å²) in [5, 5.41) is 9.52. The fourth-order valence-corrected chi connectivity index (χ4v) is 5.23. The minimum atomic E-state index is -0.161. The van der Waals surface area contributed by atoms with E-state index in [1.54, 1.807) is 18.0 Å². The second-order valence-corrected chi connectivity index (χ2v) is 8.61. The van der Waals surface area contributed by atoms with Crippen LogP contribution in [0, 0.1) is 6.92 Å². The van der Waals surface area contributed by atoms with Crippen LogP contribution in [-0.4, -0.2) is 20.5 Å². The summed E-state index contributed by atoms with van der Waals surface area (Å²) in [5.41, 5.74) is 3.83. The maximum absolute atomic E-state index is 12.4. The molecule has 2 aromatic heterocycles. The Morgan fingerprint density at radius 3 is 2.52 bits per heavy atom. The molecule has 4 aromatic rings. The Balaban J connectivity index is 1.64. The summed E-state index contributed by atoms with van der Waals surface area (Å²) in [7, 11) is 0. The van der Waals surface area contributed by atoms with E-state index in [4.69, 9.17) is 23.2 Å². The van der Waals surface area contributed by atoms with Crippen LogP contribution in [0.1, 0.15) is 11.3 Å². The first kappa shape index (κ1) is 20.1. The second-order valence-electron chi connectivity index (χ2n) is 6.69. The number of aromatic amines is 1. The fourth-order valence-electron chi connectivity index (χ4n) is 3.57. The van der Waals surface area contributed by atoms with Gasteiger partial charge in [0.1, 0.15) is 0 Å². The topological polar surface area (TPSA) is 50.7 Å². The normalized spacial score (nSPS) is 11.3. The van der Waals surface area contributed by atoms with E-state index in [0.717, 1.165) is 46.0 Å². The first-order valence-electron chi connectivity index (χ1n) is 9.20. The lowest BCUT2D eigenvalue weighted by atomic mass is 10.1. The summed E-state index contributed by atoms with van der Waals surface area (Å²) in [4.78, 5) is 12.4. The van der Waals surface area contributed by atoms with Crippen molar-refractivity contribution in [1.29, 1.82) is 0 Å². The molecule has 148 valence electrons. The molecule has 0 aliphatic rings. The summed E-state index contributed by atoms with van der Waals surface area (Å²) >= 11 is 14.3. The lowest BCUT2D eigenvalue weighted by Gasteiger charge is -2.13. The van der Waals surface area contributed by atoms with Gasteiger partial charge in [-0.15, -0.1) is 0 Å². The molecule has 4 nitrogen and oxygen atoms in total. The van der Waals surface area contributed by atoms with Gasteiger partial charge in [0.25, 0.3) is 5.56 Å². The van der Waals surface area contributed by atoms with Crippen LogP contribution in [0.5, 0.6) is 0 Å². The van der Waals surface area contributed by atoms with Gasteiger partial charge in [-0.1, -0.05) is 59.6 Å². The summed E-state index contributed by atoms with van der Waals surface area (Å²) < 4.78 is 2.21. The van der Waals surface area contributed by atoms with Gasteiger partial charge in [0.15, 0.2) is 0 Å². The lowest BCUT2D eigenvalue weighted by molar-refractivity contribution is 0.762. The molecule has 1 N–H and O–H groups in total. The molecule has 0 bridgehead atoms. The third-order valence-corrected chi connectivity index (χ3v) is 6.63. The van der Waals surface area contributed by atoms with Crippen LogP contribution in [0.2, 0.25) is 10.0 Å². The SMILES string of the molecule is Cc1c2c(=O)[nH]ncc2c(-c2ccccc2)n1CCSCc1c(Cl)cccc1Cl. The number of hydrogen-bond acceptors (Lipinski definition) is 3.